The van der Waals surface area contributed by atoms with Crippen LogP contribution < -0.4 is 31.7 Å². The number of carbonyl (C=O) groups is 7. The van der Waals surface area contributed by atoms with E-state index in [2.05, 4.69) is 31.3 Å². The number of amides is 8. The quantitative estimate of drug-likeness (QED) is 0.0264. The molecule has 424 valence electrons. The van der Waals surface area contributed by atoms with Crippen LogP contribution in [0.25, 0.3) is 16.8 Å². The minimum absolute atomic E-state index is 0.0396. The van der Waals surface area contributed by atoms with Crippen LogP contribution in [0.1, 0.15) is 107 Å². The Balaban J connectivity index is 1.03. The van der Waals surface area contributed by atoms with Gasteiger partial charge in [0.05, 0.1) is 30.7 Å². The molecule has 1 aliphatic rings. The number of imide groups is 1. The number of benzene rings is 2. The second-order valence-electron chi connectivity index (χ2n) is 20.9. The largest absolute Gasteiger partial charge is 0.489 e. The fraction of sp³-hybridized carbons (Fsp3) is 0.446. The lowest BCUT2D eigenvalue weighted by Crippen LogP contribution is -2.54. The average Bonchev–Trinajstić information content (AvgIpc) is 4.05. The average molecular weight is 1100 g/mol. The van der Waals surface area contributed by atoms with Gasteiger partial charge < -0.3 is 50.9 Å². The van der Waals surface area contributed by atoms with Gasteiger partial charge in [0.15, 0.2) is 11.6 Å². The van der Waals surface area contributed by atoms with Gasteiger partial charge in [-0.25, -0.2) is 19.0 Å². The molecule has 79 heavy (non-hydrogen) atoms. The van der Waals surface area contributed by atoms with Gasteiger partial charge >= 0.3 is 12.1 Å². The number of hydrogen-bond donors (Lipinski definition) is 6. The molecule has 21 nitrogen and oxygen atoms in total. The summed E-state index contributed by atoms with van der Waals surface area (Å²) in [7, 11) is 3.32. The van der Waals surface area contributed by atoms with Crippen LogP contribution in [0.5, 0.6) is 5.75 Å². The molecule has 6 rings (SSSR count). The van der Waals surface area contributed by atoms with Crippen molar-refractivity contribution in [3.63, 3.8) is 0 Å². The van der Waals surface area contributed by atoms with E-state index >= 15 is 4.39 Å². The Morgan fingerprint density at radius 1 is 0.911 bits per heavy atom. The number of hydrogen-bond acceptors (Lipinski definition) is 12. The molecule has 0 aliphatic carbocycles. The lowest BCUT2D eigenvalue weighted by molar-refractivity contribution is -0.137. The Labute approximate surface area is 457 Å². The lowest BCUT2D eigenvalue weighted by atomic mass is 9.85. The fourth-order valence-electron chi connectivity index (χ4n) is 8.77. The van der Waals surface area contributed by atoms with Crippen molar-refractivity contribution < 1.29 is 56.9 Å². The number of carbonyl (C=O) groups excluding carboxylic acids is 7. The molecule has 5 aromatic rings. The number of nitrogens with zero attached hydrogens (tertiary/aromatic N) is 6. The second-order valence-corrected chi connectivity index (χ2v) is 20.9. The molecule has 8 amide bonds. The first-order chi connectivity index (χ1) is 37.4. The molecule has 0 bridgehead atoms. The molecule has 2 aromatic carbocycles. The molecule has 0 saturated heterocycles. The van der Waals surface area contributed by atoms with Crippen LogP contribution in [0.4, 0.5) is 24.1 Å². The smallest absolute Gasteiger partial charge is 0.410 e. The van der Waals surface area contributed by atoms with Gasteiger partial charge in [-0.2, -0.15) is 9.49 Å². The van der Waals surface area contributed by atoms with Crippen LogP contribution in [0, 0.1) is 29.9 Å². The minimum Gasteiger partial charge on any atom is -0.489 e. The number of nitrogens with two attached hydrogens (primary N) is 1. The Morgan fingerprint density at radius 3 is 2.29 bits per heavy atom. The highest BCUT2D eigenvalue weighted by Crippen LogP contribution is 2.37. The number of urea groups is 1. The predicted octanol–water partition coefficient (Wildman–Crippen LogP) is 6.29. The zero-order valence-electron chi connectivity index (χ0n) is 45.9. The molecule has 4 heterocycles. The van der Waals surface area contributed by atoms with Crippen LogP contribution in [0.3, 0.4) is 0 Å². The van der Waals surface area contributed by atoms with E-state index in [0.717, 1.165) is 22.2 Å². The molecule has 3 atom stereocenters. The second kappa shape index (κ2) is 26.9. The van der Waals surface area contributed by atoms with E-state index in [1.165, 1.54) is 23.1 Å². The van der Waals surface area contributed by atoms with Crippen molar-refractivity contribution in [3.8, 4) is 16.9 Å². The summed E-state index contributed by atoms with van der Waals surface area (Å²) in [5, 5.41) is 26.4. The normalized spacial score (nSPS) is 13.6. The highest BCUT2D eigenvalue weighted by Gasteiger charge is 2.32. The molecule has 1 unspecified atom stereocenters. The number of fused-ring (bicyclic) bond motifs is 1. The van der Waals surface area contributed by atoms with Crippen molar-refractivity contribution in [1.29, 1.82) is 0 Å². The highest BCUT2D eigenvalue weighted by molar-refractivity contribution is 6.12. The van der Waals surface area contributed by atoms with Gasteiger partial charge in [0, 0.05) is 86.4 Å². The molecule has 23 heteroatoms. The molecular formula is C56H71F2N11O10. The zero-order chi connectivity index (χ0) is 57.7. The maximum absolute atomic E-state index is 15.6. The summed E-state index contributed by atoms with van der Waals surface area (Å²) in [6, 6.07) is 9.56. The molecule has 1 aliphatic heterocycles. The molecule has 7 N–H and O–H groups in total. The molecule has 3 aromatic heterocycles. The van der Waals surface area contributed by atoms with E-state index < -0.39 is 59.2 Å². The van der Waals surface area contributed by atoms with Crippen molar-refractivity contribution in [1.82, 2.24) is 44.9 Å². The number of anilines is 1. The van der Waals surface area contributed by atoms with Crippen molar-refractivity contribution in [3.05, 3.63) is 113 Å². The SMILES string of the molecule is Cc1c(CCOc2c(-c3ccc4ncc(CN(C)C(=O)OCc5ccc(NC(=O)[C@H](CCCNC(N)=O)NC(=O)[C@@H](NC(=O)CCCCCN6C(=O)C=CC6=O)C(C)C)cc5)n4c3)ccc(F)c2F)c(C(O)C(C)(C)C)nn1C. The van der Waals surface area contributed by atoms with Crippen LogP contribution in [0.15, 0.2) is 73.1 Å². The zero-order valence-corrected chi connectivity index (χ0v) is 45.9. The van der Waals surface area contributed by atoms with Crippen LogP contribution in [-0.4, -0.2) is 115 Å². The van der Waals surface area contributed by atoms with Crippen LogP contribution in [-0.2, 0) is 55.3 Å². The van der Waals surface area contributed by atoms with Gasteiger partial charge in [0.1, 0.15) is 30.4 Å². The lowest BCUT2D eigenvalue weighted by Gasteiger charge is -2.25. The number of imidazole rings is 1. The fourth-order valence-corrected chi connectivity index (χ4v) is 8.77. The first-order valence-electron chi connectivity index (χ1n) is 26.1. The Hall–Kier alpha value is -8.21. The van der Waals surface area contributed by atoms with E-state index in [4.69, 9.17) is 15.2 Å². The van der Waals surface area contributed by atoms with Gasteiger partial charge in [0.2, 0.25) is 23.5 Å². The summed E-state index contributed by atoms with van der Waals surface area (Å²) >= 11 is 0. The summed E-state index contributed by atoms with van der Waals surface area (Å²) in [4.78, 5) is 95.4. The Morgan fingerprint density at radius 2 is 1.62 bits per heavy atom. The van der Waals surface area contributed by atoms with E-state index in [1.54, 1.807) is 85.8 Å². The van der Waals surface area contributed by atoms with E-state index in [1.807, 2.05) is 27.7 Å². The monoisotopic (exact) mass is 1100 g/mol. The van der Waals surface area contributed by atoms with Gasteiger partial charge in [-0.05, 0) is 85.9 Å². The van der Waals surface area contributed by atoms with Crippen molar-refractivity contribution >= 4 is 53.0 Å². The van der Waals surface area contributed by atoms with Gasteiger partial charge in [-0.3, -0.25) is 33.6 Å². The first kappa shape index (κ1) is 60.0. The molecule has 0 radical (unpaired) electrons. The topological polar surface area (TPSA) is 274 Å². The van der Waals surface area contributed by atoms with Crippen LogP contribution >= 0.6 is 0 Å². The number of aliphatic hydroxyl groups is 1. The maximum Gasteiger partial charge on any atom is 0.410 e. The van der Waals surface area contributed by atoms with Crippen molar-refractivity contribution in [2.45, 2.75) is 118 Å². The molecular weight excluding hydrogens is 1020 g/mol. The van der Waals surface area contributed by atoms with Gasteiger partial charge in [-0.15, -0.1) is 0 Å². The third-order valence-electron chi connectivity index (χ3n) is 13.5. The number of primary amides is 1. The molecule has 0 spiro atoms. The summed E-state index contributed by atoms with van der Waals surface area (Å²) in [5.41, 5.74) is 9.62. The first-order valence-corrected chi connectivity index (χ1v) is 26.1. The number of aliphatic hydroxyl groups excluding tert-OH is 1. The summed E-state index contributed by atoms with van der Waals surface area (Å²) in [6.07, 6.45) is 6.47. The third-order valence-corrected chi connectivity index (χ3v) is 13.5. The van der Waals surface area contributed by atoms with Crippen molar-refractivity contribution in [2.24, 2.45) is 24.1 Å². The highest BCUT2D eigenvalue weighted by atomic mass is 19.2. The van der Waals surface area contributed by atoms with Gasteiger partial charge in [-0.1, -0.05) is 53.2 Å². The summed E-state index contributed by atoms with van der Waals surface area (Å²) in [6.45, 7) is 11.3. The van der Waals surface area contributed by atoms with Crippen molar-refractivity contribution in [2.75, 3.05) is 32.1 Å². The molecule has 0 saturated carbocycles. The predicted molar refractivity (Wildman–Crippen MR) is 289 cm³/mol. The third kappa shape index (κ3) is 16.0. The number of halogens is 2. The van der Waals surface area contributed by atoms with E-state index in [-0.39, 0.29) is 93.5 Å². The number of unbranched alkanes of at least 4 members (excludes halogenated alkanes) is 2. The summed E-state index contributed by atoms with van der Waals surface area (Å²) in [5.74, 6) is -5.15. The van der Waals surface area contributed by atoms with E-state index in [9.17, 15) is 43.1 Å². The number of nitrogens with one attached hydrogen (secondary N) is 4. The number of aromatic nitrogens is 4. The Bertz CT molecular complexity index is 3040. The standard InChI is InChI=1S/C56H71F2N11O10/c1-33(2)48(64-44(70)14-10-9-11-27-68-45(71)23-24-46(68)72)53(75)63-42(13-12-26-60-54(59)76)52(74)62-37-18-15-35(16-19-37)32-79-55(77)66(7)31-38-29-61-43-22-17-36(30-69(38)43)40-20-21-41(57)47(58)50(40)78-28-25-39-34(3)67(8)65-49(39)51(73)56(4,5)6/h15-24,29-30,33,42,48,51,73H,9-14,25-28,31-32H2,1-8H3,(H,62,74)(H,63,75)(H,64,70)(H3,59,60,76)/t42-,48-,51?/m0/s1. The molecule has 0 fully saturated rings. The number of pyridine rings is 1. The van der Waals surface area contributed by atoms with Crippen LogP contribution in [0.2, 0.25) is 0 Å². The number of aryl methyl sites for hydroxylation is 1. The number of ether oxygens (including phenoxy) is 2. The Kier molecular flexibility index (Phi) is 20.4. The maximum atomic E-state index is 15.6. The summed E-state index contributed by atoms with van der Waals surface area (Å²) < 4.78 is 45.3. The minimum atomic E-state index is -1.16. The number of rotatable bonds is 26. The van der Waals surface area contributed by atoms with E-state index in [0.29, 0.717) is 53.1 Å². The van der Waals surface area contributed by atoms with Gasteiger partial charge in [0.25, 0.3) is 11.8 Å².